The first kappa shape index (κ1) is 17.4. The van der Waals surface area contributed by atoms with Crippen LogP contribution in [0.3, 0.4) is 0 Å². The van der Waals surface area contributed by atoms with Gasteiger partial charge in [0.2, 0.25) is 0 Å². The molecule has 7 heteroatoms. The molecule has 0 radical (unpaired) electrons. The molecule has 0 atom stereocenters. The van der Waals surface area contributed by atoms with Gasteiger partial charge in [0.15, 0.2) is 0 Å². The van der Waals surface area contributed by atoms with Crippen molar-refractivity contribution in [3.8, 4) is 0 Å². The maximum absolute atomic E-state index is 13.7. The van der Waals surface area contributed by atoms with Gasteiger partial charge in [0, 0.05) is 43.8 Å². The molecule has 4 rings (SSSR count). The van der Waals surface area contributed by atoms with Crippen molar-refractivity contribution in [3.05, 3.63) is 52.3 Å². The normalized spacial score (nSPS) is 16.5. The van der Waals surface area contributed by atoms with Gasteiger partial charge in [-0.1, -0.05) is 6.07 Å². The molecule has 26 heavy (non-hydrogen) atoms. The first-order valence-corrected chi connectivity index (χ1v) is 9.52. The number of likely N-dealkylation sites (N-methyl/N-ethyl adjacent to an activating group) is 1. The molecule has 3 nitrogen and oxygen atoms in total. The Labute approximate surface area is 154 Å². The van der Waals surface area contributed by atoms with E-state index in [0.717, 1.165) is 37.4 Å². The second kappa shape index (κ2) is 6.63. The summed E-state index contributed by atoms with van der Waals surface area (Å²) in [4.78, 5) is 4.43. The molecule has 1 aliphatic rings. The average molecular weight is 379 g/mol. The topological polar surface area (TPSA) is 11.4 Å². The highest BCUT2D eigenvalue weighted by atomic mass is 32.1. The number of anilines is 1. The number of piperazine rings is 1. The van der Waals surface area contributed by atoms with Gasteiger partial charge >= 0.3 is 6.18 Å². The van der Waals surface area contributed by atoms with Gasteiger partial charge in [-0.05, 0) is 47.6 Å². The molecule has 0 amide bonds. The third-order valence-electron chi connectivity index (χ3n) is 4.98. The maximum atomic E-state index is 13.7. The largest absolute Gasteiger partial charge is 0.431 e. The summed E-state index contributed by atoms with van der Waals surface area (Å²) in [6.07, 6.45) is -4.38. The van der Waals surface area contributed by atoms with Gasteiger partial charge in [-0.2, -0.15) is 24.5 Å². The number of benzene rings is 1. The number of halogens is 3. The van der Waals surface area contributed by atoms with Crippen molar-refractivity contribution in [2.45, 2.75) is 12.7 Å². The van der Waals surface area contributed by atoms with Crippen LogP contribution >= 0.6 is 11.3 Å². The Morgan fingerprint density at radius 3 is 2.50 bits per heavy atom. The Kier molecular flexibility index (Phi) is 4.44. The zero-order chi connectivity index (χ0) is 18.3. The van der Waals surface area contributed by atoms with E-state index in [4.69, 9.17) is 0 Å². The average Bonchev–Trinajstić information content (AvgIpc) is 3.24. The van der Waals surface area contributed by atoms with E-state index in [2.05, 4.69) is 16.8 Å². The predicted octanol–water partition coefficient (Wildman–Crippen LogP) is 4.52. The number of aromatic nitrogens is 1. The summed E-state index contributed by atoms with van der Waals surface area (Å²) in [7, 11) is 2.07. The fraction of sp³-hybridized carbons (Fsp3) is 0.368. The molecule has 138 valence electrons. The van der Waals surface area contributed by atoms with Crippen molar-refractivity contribution in [3.63, 3.8) is 0 Å². The van der Waals surface area contributed by atoms with Crippen LogP contribution in [-0.4, -0.2) is 42.7 Å². The lowest BCUT2D eigenvalue weighted by molar-refractivity contribution is -0.143. The molecule has 1 aliphatic heterocycles. The van der Waals surface area contributed by atoms with Gasteiger partial charge in [-0.25, -0.2) is 0 Å². The van der Waals surface area contributed by atoms with Crippen molar-refractivity contribution in [1.29, 1.82) is 0 Å². The Bertz CT molecular complexity index is 891. The molecule has 0 saturated carbocycles. The van der Waals surface area contributed by atoms with Crippen LogP contribution in [0.2, 0.25) is 0 Å². The van der Waals surface area contributed by atoms with E-state index >= 15 is 0 Å². The standard InChI is InChI=1S/C19H20F3N3S/c1-23-6-8-24(9-7-23)16-3-2-4-17-15(16)11-18(19(20,21)22)25(17)12-14-5-10-26-13-14/h2-5,10-11,13H,6-9,12H2,1H3. The minimum absolute atomic E-state index is 0.230. The number of thiophene rings is 1. The highest BCUT2D eigenvalue weighted by Gasteiger charge is 2.36. The van der Waals surface area contributed by atoms with Gasteiger partial charge in [0.05, 0.1) is 5.52 Å². The quantitative estimate of drug-likeness (QED) is 0.663. The summed E-state index contributed by atoms with van der Waals surface area (Å²) in [5.74, 6) is 0. The number of hydrogen-bond acceptors (Lipinski definition) is 3. The second-order valence-electron chi connectivity index (χ2n) is 6.75. The Balaban J connectivity index is 1.83. The lowest BCUT2D eigenvalue weighted by atomic mass is 10.1. The van der Waals surface area contributed by atoms with Gasteiger partial charge in [-0.3, -0.25) is 0 Å². The van der Waals surface area contributed by atoms with E-state index in [9.17, 15) is 13.2 Å². The van der Waals surface area contributed by atoms with Crippen LogP contribution in [0.15, 0.2) is 41.1 Å². The van der Waals surface area contributed by atoms with Gasteiger partial charge < -0.3 is 14.4 Å². The summed E-state index contributed by atoms with van der Waals surface area (Å²) in [6.45, 7) is 3.71. The minimum atomic E-state index is -4.38. The monoisotopic (exact) mass is 379 g/mol. The summed E-state index contributed by atoms with van der Waals surface area (Å²) in [6, 6.07) is 8.77. The molecule has 2 aromatic heterocycles. The Morgan fingerprint density at radius 1 is 1.08 bits per heavy atom. The number of nitrogens with zero attached hydrogens (tertiary/aromatic N) is 3. The van der Waals surface area contributed by atoms with E-state index < -0.39 is 11.9 Å². The summed E-state index contributed by atoms with van der Waals surface area (Å²) < 4.78 is 42.5. The van der Waals surface area contributed by atoms with E-state index in [0.29, 0.717) is 10.9 Å². The summed E-state index contributed by atoms with van der Waals surface area (Å²) in [5, 5.41) is 4.47. The first-order chi connectivity index (χ1) is 12.4. The van der Waals surface area contributed by atoms with Crippen molar-refractivity contribution >= 4 is 27.9 Å². The highest BCUT2D eigenvalue weighted by Crippen LogP contribution is 2.38. The molecule has 1 saturated heterocycles. The number of alkyl halides is 3. The number of rotatable bonds is 3. The number of hydrogen-bond donors (Lipinski definition) is 0. The molecule has 0 spiro atoms. The van der Waals surface area contributed by atoms with E-state index in [1.165, 1.54) is 22.0 Å². The second-order valence-corrected chi connectivity index (χ2v) is 7.53. The fourth-order valence-electron chi connectivity index (χ4n) is 3.56. The SMILES string of the molecule is CN1CCN(c2cccc3c2cc(C(F)(F)F)n3Cc2ccsc2)CC1. The van der Waals surface area contributed by atoms with Crippen LogP contribution < -0.4 is 4.90 Å². The molecule has 3 aromatic rings. The zero-order valence-electron chi connectivity index (χ0n) is 14.5. The molecular weight excluding hydrogens is 359 g/mol. The third kappa shape index (κ3) is 3.21. The molecule has 1 fully saturated rings. The first-order valence-electron chi connectivity index (χ1n) is 8.57. The van der Waals surface area contributed by atoms with Gasteiger partial charge in [-0.15, -0.1) is 0 Å². The van der Waals surface area contributed by atoms with Crippen LogP contribution in [0.4, 0.5) is 18.9 Å². The molecule has 3 heterocycles. The molecule has 0 aliphatic carbocycles. The molecule has 0 unspecified atom stereocenters. The minimum Gasteiger partial charge on any atom is -0.368 e. The van der Waals surface area contributed by atoms with Crippen molar-refractivity contribution in [1.82, 2.24) is 9.47 Å². The van der Waals surface area contributed by atoms with E-state index in [-0.39, 0.29) is 6.54 Å². The summed E-state index contributed by atoms with van der Waals surface area (Å²) in [5.41, 5.74) is 1.84. The molecule has 1 aromatic carbocycles. The zero-order valence-corrected chi connectivity index (χ0v) is 15.3. The predicted molar refractivity (Wildman–Crippen MR) is 100 cm³/mol. The summed E-state index contributed by atoms with van der Waals surface area (Å²) >= 11 is 1.50. The van der Waals surface area contributed by atoms with Crippen molar-refractivity contribution in [2.24, 2.45) is 0 Å². The van der Waals surface area contributed by atoms with Gasteiger partial charge in [0.25, 0.3) is 0 Å². The van der Waals surface area contributed by atoms with E-state index in [1.54, 1.807) is 6.07 Å². The Morgan fingerprint density at radius 2 is 1.85 bits per heavy atom. The fourth-order valence-corrected chi connectivity index (χ4v) is 4.22. The number of fused-ring (bicyclic) bond motifs is 1. The van der Waals surface area contributed by atoms with Crippen molar-refractivity contribution in [2.75, 3.05) is 38.1 Å². The van der Waals surface area contributed by atoms with Crippen LogP contribution in [0.25, 0.3) is 10.9 Å². The van der Waals surface area contributed by atoms with E-state index in [1.807, 2.05) is 29.0 Å². The highest BCUT2D eigenvalue weighted by molar-refractivity contribution is 7.07. The maximum Gasteiger partial charge on any atom is 0.431 e. The van der Waals surface area contributed by atoms with Gasteiger partial charge in [0.1, 0.15) is 5.69 Å². The Hall–Kier alpha value is -1.99. The van der Waals surface area contributed by atoms with Crippen LogP contribution in [0.5, 0.6) is 0 Å². The van der Waals surface area contributed by atoms with Crippen LogP contribution in [0, 0.1) is 0 Å². The lowest BCUT2D eigenvalue weighted by Gasteiger charge is -2.34. The van der Waals surface area contributed by atoms with Crippen molar-refractivity contribution < 1.29 is 13.2 Å². The smallest absolute Gasteiger partial charge is 0.368 e. The van der Waals surface area contributed by atoms with Crippen LogP contribution in [-0.2, 0) is 12.7 Å². The molecule has 0 bridgehead atoms. The lowest BCUT2D eigenvalue weighted by Crippen LogP contribution is -2.44. The molecule has 0 N–H and O–H groups in total. The van der Waals surface area contributed by atoms with Crippen LogP contribution in [0.1, 0.15) is 11.3 Å². The third-order valence-corrected chi connectivity index (χ3v) is 5.71. The molecular formula is C19H20F3N3S.